The SMILES string of the molecule is CNC(=O)/C(C#N)=N\N(C)c1ccc(S(=O)(=O)N2CCCOCC2)cc1. The van der Waals surface area contributed by atoms with E-state index in [0.29, 0.717) is 38.4 Å². The molecule has 10 heteroatoms. The highest BCUT2D eigenvalue weighted by Crippen LogP contribution is 2.21. The molecule has 0 saturated carbocycles. The number of amides is 1. The number of carbonyl (C=O) groups excluding carboxylic acids is 1. The van der Waals surface area contributed by atoms with Crippen LogP contribution in [0.1, 0.15) is 6.42 Å². The summed E-state index contributed by atoms with van der Waals surface area (Å²) >= 11 is 0. The molecule has 1 saturated heterocycles. The summed E-state index contributed by atoms with van der Waals surface area (Å²) in [5.41, 5.74) is 0.246. The van der Waals surface area contributed by atoms with E-state index in [0.717, 1.165) is 0 Å². The van der Waals surface area contributed by atoms with Crippen molar-refractivity contribution in [1.29, 1.82) is 5.26 Å². The average Bonchev–Trinajstić information content (AvgIpc) is 2.95. The first-order chi connectivity index (χ1) is 12.4. The van der Waals surface area contributed by atoms with Crippen LogP contribution in [-0.2, 0) is 19.6 Å². The minimum Gasteiger partial charge on any atom is -0.380 e. The Labute approximate surface area is 152 Å². The summed E-state index contributed by atoms with van der Waals surface area (Å²) < 4.78 is 32.1. The van der Waals surface area contributed by atoms with E-state index in [1.807, 2.05) is 0 Å². The lowest BCUT2D eigenvalue weighted by Gasteiger charge is -2.20. The van der Waals surface area contributed by atoms with Crippen LogP contribution in [0.4, 0.5) is 5.69 Å². The molecule has 0 atom stereocenters. The molecule has 140 valence electrons. The third-order valence-electron chi connectivity index (χ3n) is 3.83. The summed E-state index contributed by atoms with van der Waals surface area (Å²) in [5, 5.41) is 16.6. The van der Waals surface area contributed by atoms with Gasteiger partial charge in [-0.15, -0.1) is 0 Å². The fourth-order valence-electron chi connectivity index (χ4n) is 2.39. The van der Waals surface area contributed by atoms with Crippen LogP contribution in [0.15, 0.2) is 34.3 Å². The average molecular weight is 379 g/mol. The number of nitrogens with one attached hydrogen (secondary N) is 1. The van der Waals surface area contributed by atoms with Gasteiger partial charge in [0.15, 0.2) is 0 Å². The molecule has 1 aromatic rings. The number of anilines is 1. The highest BCUT2D eigenvalue weighted by molar-refractivity contribution is 7.89. The summed E-state index contributed by atoms with van der Waals surface area (Å²) in [6.45, 7) is 1.68. The zero-order valence-electron chi connectivity index (χ0n) is 14.7. The summed E-state index contributed by atoms with van der Waals surface area (Å²) in [7, 11) is -0.620. The molecular formula is C16H21N5O4S. The normalized spacial score (nSPS) is 16.4. The van der Waals surface area contributed by atoms with Crippen LogP contribution >= 0.6 is 0 Å². The quantitative estimate of drug-likeness (QED) is 0.576. The Balaban J connectivity index is 2.20. The number of ether oxygens (including phenoxy) is 1. The van der Waals surface area contributed by atoms with Crippen LogP contribution in [0, 0.1) is 11.3 Å². The van der Waals surface area contributed by atoms with Crippen LogP contribution in [-0.4, -0.2) is 64.7 Å². The van der Waals surface area contributed by atoms with Crippen molar-refractivity contribution in [1.82, 2.24) is 9.62 Å². The van der Waals surface area contributed by atoms with Crippen LogP contribution in [0.3, 0.4) is 0 Å². The molecule has 0 aromatic heterocycles. The van der Waals surface area contributed by atoms with Crippen molar-refractivity contribution in [2.45, 2.75) is 11.3 Å². The number of nitriles is 1. The van der Waals surface area contributed by atoms with E-state index in [9.17, 15) is 13.2 Å². The predicted molar refractivity (Wildman–Crippen MR) is 96.2 cm³/mol. The predicted octanol–water partition coefficient (Wildman–Crippen LogP) is 0.159. The van der Waals surface area contributed by atoms with Gasteiger partial charge in [-0.3, -0.25) is 9.80 Å². The molecule has 9 nitrogen and oxygen atoms in total. The summed E-state index contributed by atoms with van der Waals surface area (Å²) in [6.07, 6.45) is 0.658. The van der Waals surface area contributed by atoms with Crippen LogP contribution in [0.25, 0.3) is 0 Å². The van der Waals surface area contributed by atoms with Gasteiger partial charge in [0.2, 0.25) is 15.7 Å². The van der Waals surface area contributed by atoms with E-state index >= 15 is 0 Å². The molecular weight excluding hydrogens is 358 g/mol. The number of carbonyl (C=O) groups is 1. The topological polar surface area (TPSA) is 115 Å². The minimum atomic E-state index is -3.59. The van der Waals surface area contributed by atoms with Crippen LogP contribution in [0.5, 0.6) is 0 Å². The van der Waals surface area contributed by atoms with Gasteiger partial charge in [-0.25, -0.2) is 8.42 Å². The first kappa shape index (κ1) is 19.8. The Morgan fingerprint density at radius 2 is 2.00 bits per heavy atom. The van der Waals surface area contributed by atoms with E-state index in [1.54, 1.807) is 25.2 Å². The number of rotatable bonds is 5. The number of hydrazone groups is 1. The van der Waals surface area contributed by atoms with E-state index in [-0.39, 0.29) is 10.6 Å². The summed E-state index contributed by atoms with van der Waals surface area (Å²) in [5.74, 6) is -0.595. The van der Waals surface area contributed by atoms with Crippen molar-refractivity contribution in [3.63, 3.8) is 0 Å². The van der Waals surface area contributed by atoms with Crippen molar-refractivity contribution in [3.8, 4) is 6.07 Å². The van der Waals surface area contributed by atoms with E-state index < -0.39 is 15.9 Å². The molecule has 2 rings (SSSR count). The third-order valence-corrected chi connectivity index (χ3v) is 5.74. The Morgan fingerprint density at radius 1 is 1.31 bits per heavy atom. The van der Waals surface area contributed by atoms with Crippen molar-refractivity contribution in [3.05, 3.63) is 24.3 Å². The molecule has 1 fully saturated rings. The van der Waals surface area contributed by atoms with E-state index in [1.165, 1.54) is 28.5 Å². The maximum Gasteiger partial charge on any atom is 0.282 e. The van der Waals surface area contributed by atoms with Crippen LogP contribution < -0.4 is 10.3 Å². The smallest absolute Gasteiger partial charge is 0.282 e. The lowest BCUT2D eigenvalue weighted by Crippen LogP contribution is -2.33. The number of hydrogen-bond donors (Lipinski definition) is 1. The van der Waals surface area contributed by atoms with Gasteiger partial charge in [0, 0.05) is 33.8 Å². The minimum absolute atomic E-state index is 0.173. The lowest BCUT2D eigenvalue weighted by atomic mass is 10.3. The molecule has 1 aliphatic heterocycles. The largest absolute Gasteiger partial charge is 0.380 e. The maximum absolute atomic E-state index is 12.7. The van der Waals surface area contributed by atoms with Crippen molar-refractivity contribution >= 4 is 27.3 Å². The highest BCUT2D eigenvalue weighted by atomic mass is 32.2. The molecule has 0 aliphatic carbocycles. The van der Waals surface area contributed by atoms with Gasteiger partial charge >= 0.3 is 0 Å². The molecule has 0 radical (unpaired) electrons. The first-order valence-electron chi connectivity index (χ1n) is 8.02. The molecule has 0 spiro atoms. The number of sulfonamides is 1. The Hall–Kier alpha value is -2.48. The second-order valence-electron chi connectivity index (χ2n) is 5.53. The molecule has 1 aromatic carbocycles. The van der Waals surface area contributed by atoms with Crippen molar-refractivity contribution < 1.29 is 17.9 Å². The molecule has 0 bridgehead atoms. The lowest BCUT2D eigenvalue weighted by molar-refractivity contribution is -0.114. The zero-order chi connectivity index (χ0) is 19.2. The summed E-state index contributed by atoms with van der Waals surface area (Å²) in [4.78, 5) is 11.7. The van der Waals surface area contributed by atoms with E-state index in [2.05, 4.69) is 10.4 Å². The fourth-order valence-corrected chi connectivity index (χ4v) is 3.85. The number of hydrogen-bond acceptors (Lipinski definition) is 7. The monoisotopic (exact) mass is 379 g/mol. The van der Waals surface area contributed by atoms with Crippen LogP contribution in [0.2, 0.25) is 0 Å². The molecule has 1 N–H and O–H groups in total. The standard InChI is InChI=1S/C16H21N5O4S/c1-18-16(22)15(12-17)19-20(2)13-4-6-14(7-5-13)26(23,24)21-8-3-10-25-11-9-21/h4-7H,3,8-11H2,1-2H3,(H,18,22)/b19-15-. The van der Waals surface area contributed by atoms with Crippen molar-refractivity contribution in [2.75, 3.05) is 45.4 Å². The highest BCUT2D eigenvalue weighted by Gasteiger charge is 2.25. The molecule has 1 amide bonds. The van der Waals surface area contributed by atoms with Gasteiger partial charge in [0.05, 0.1) is 17.2 Å². The Bertz CT molecular complexity index is 806. The molecule has 0 unspecified atom stereocenters. The maximum atomic E-state index is 12.7. The molecule has 1 aliphatic rings. The van der Waals surface area contributed by atoms with Gasteiger partial charge in [0.25, 0.3) is 5.91 Å². The van der Waals surface area contributed by atoms with Gasteiger partial charge < -0.3 is 10.1 Å². The van der Waals surface area contributed by atoms with Gasteiger partial charge in [0.1, 0.15) is 6.07 Å². The molecule has 1 heterocycles. The number of benzene rings is 1. The third kappa shape index (κ3) is 4.57. The number of nitrogens with zero attached hydrogens (tertiary/aromatic N) is 4. The van der Waals surface area contributed by atoms with Gasteiger partial charge in [-0.2, -0.15) is 14.7 Å². The second-order valence-corrected chi connectivity index (χ2v) is 7.46. The van der Waals surface area contributed by atoms with E-state index in [4.69, 9.17) is 10.00 Å². The Kier molecular flexibility index (Phi) is 6.68. The van der Waals surface area contributed by atoms with Gasteiger partial charge in [-0.1, -0.05) is 0 Å². The van der Waals surface area contributed by atoms with Gasteiger partial charge in [-0.05, 0) is 30.7 Å². The second kappa shape index (κ2) is 8.75. The molecule has 26 heavy (non-hydrogen) atoms. The summed E-state index contributed by atoms with van der Waals surface area (Å²) in [6, 6.07) is 7.83. The van der Waals surface area contributed by atoms with Crippen molar-refractivity contribution in [2.24, 2.45) is 5.10 Å². The fraction of sp³-hybridized carbons (Fsp3) is 0.438. The first-order valence-corrected chi connectivity index (χ1v) is 9.46. The Morgan fingerprint density at radius 3 is 2.62 bits per heavy atom. The zero-order valence-corrected chi connectivity index (χ0v) is 15.5.